The fourth-order valence-corrected chi connectivity index (χ4v) is 6.43. The summed E-state index contributed by atoms with van der Waals surface area (Å²) in [6, 6.07) is 5.71. The van der Waals surface area contributed by atoms with E-state index < -0.39 is 0 Å². The summed E-state index contributed by atoms with van der Waals surface area (Å²) in [6.45, 7) is 6.55. The number of ether oxygens (including phenoxy) is 3. The van der Waals surface area contributed by atoms with E-state index in [9.17, 15) is 14.4 Å². The van der Waals surface area contributed by atoms with Crippen LogP contribution in [-0.4, -0.2) is 24.0 Å². The molecule has 30 heavy (non-hydrogen) atoms. The van der Waals surface area contributed by atoms with Crippen LogP contribution in [0.4, 0.5) is 0 Å². The van der Waals surface area contributed by atoms with Crippen molar-refractivity contribution >= 4 is 17.9 Å². The molecule has 6 atom stereocenters. The Hall–Kier alpha value is -2.37. The third-order valence-electron chi connectivity index (χ3n) is 7.52. The summed E-state index contributed by atoms with van der Waals surface area (Å²) in [7, 11) is 0. The first-order valence-electron chi connectivity index (χ1n) is 10.9. The van der Waals surface area contributed by atoms with E-state index in [-0.39, 0.29) is 35.5 Å². The minimum atomic E-state index is -0.372. The highest BCUT2D eigenvalue weighted by Gasteiger charge is 2.57. The number of fused-ring (bicyclic) bond motifs is 5. The number of benzene rings is 1. The Morgan fingerprint density at radius 2 is 1.67 bits per heavy atom. The van der Waals surface area contributed by atoms with Crippen molar-refractivity contribution in [3.8, 4) is 5.75 Å². The second-order valence-corrected chi connectivity index (χ2v) is 9.31. The fraction of sp³-hybridized carbons (Fsp3) is 0.625. The van der Waals surface area contributed by atoms with Crippen molar-refractivity contribution in [1.82, 2.24) is 0 Å². The molecule has 0 unspecified atom stereocenters. The Labute approximate surface area is 177 Å². The molecule has 0 radical (unpaired) electrons. The SMILES string of the molecule is CC(=O)Oc1ccc2c(c1)[C@H](OC(C)=O)C[C@@H]1[C@@H]2CC[C@@]2(C)[C@@H](OC(C)=O)CC[C@H]12. The van der Waals surface area contributed by atoms with Crippen LogP contribution in [0.3, 0.4) is 0 Å². The van der Waals surface area contributed by atoms with Crippen LogP contribution in [0.1, 0.15) is 82.9 Å². The van der Waals surface area contributed by atoms with Gasteiger partial charge in [-0.05, 0) is 73.1 Å². The third kappa shape index (κ3) is 3.61. The first-order chi connectivity index (χ1) is 14.2. The molecule has 0 spiro atoms. The minimum absolute atomic E-state index is 0.0389. The van der Waals surface area contributed by atoms with E-state index >= 15 is 0 Å². The first kappa shape index (κ1) is 20.9. The van der Waals surface area contributed by atoms with Crippen LogP contribution in [0.25, 0.3) is 0 Å². The molecule has 0 N–H and O–H groups in total. The van der Waals surface area contributed by atoms with Crippen molar-refractivity contribution < 1.29 is 28.6 Å². The van der Waals surface area contributed by atoms with Crippen molar-refractivity contribution in [3.63, 3.8) is 0 Å². The van der Waals surface area contributed by atoms with Crippen molar-refractivity contribution in [1.29, 1.82) is 0 Å². The lowest BCUT2D eigenvalue weighted by Crippen LogP contribution is -2.45. The fourth-order valence-electron chi connectivity index (χ4n) is 6.43. The largest absolute Gasteiger partial charge is 0.462 e. The van der Waals surface area contributed by atoms with Gasteiger partial charge in [-0.15, -0.1) is 0 Å². The van der Waals surface area contributed by atoms with Crippen LogP contribution >= 0.6 is 0 Å². The van der Waals surface area contributed by atoms with Gasteiger partial charge in [0.1, 0.15) is 18.0 Å². The molecular weight excluding hydrogens is 384 g/mol. The summed E-state index contributed by atoms with van der Waals surface area (Å²) in [5.74, 6) is 0.726. The van der Waals surface area contributed by atoms with Gasteiger partial charge in [-0.3, -0.25) is 14.4 Å². The van der Waals surface area contributed by atoms with Crippen LogP contribution in [0.15, 0.2) is 18.2 Å². The van der Waals surface area contributed by atoms with E-state index in [1.807, 2.05) is 18.2 Å². The number of hydrogen-bond acceptors (Lipinski definition) is 6. The maximum Gasteiger partial charge on any atom is 0.308 e. The van der Waals surface area contributed by atoms with Gasteiger partial charge >= 0.3 is 17.9 Å². The van der Waals surface area contributed by atoms with Crippen LogP contribution in [0.5, 0.6) is 5.75 Å². The molecule has 1 aromatic rings. The lowest BCUT2D eigenvalue weighted by Gasteiger charge is -2.51. The van der Waals surface area contributed by atoms with Crippen LogP contribution in [0, 0.1) is 17.3 Å². The van der Waals surface area contributed by atoms with Gasteiger partial charge in [0.05, 0.1) is 0 Å². The van der Waals surface area contributed by atoms with E-state index in [2.05, 4.69) is 6.92 Å². The van der Waals surface area contributed by atoms with Gasteiger partial charge in [0.15, 0.2) is 0 Å². The lowest BCUT2D eigenvalue weighted by atomic mass is 9.55. The van der Waals surface area contributed by atoms with Crippen molar-refractivity contribution in [2.75, 3.05) is 0 Å². The average molecular weight is 414 g/mol. The monoisotopic (exact) mass is 414 g/mol. The Morgan fingerprint density at radius 3 is 2.33 bits per heavy atom. The van der Waals surface area contributed by atoms with Gasteiger partial charge in [0.2, 0.25) is 0 Å². The molecule has 3 aliphatic rings. The van der Waals surface area contributed by atoms with E-state index in [1.54, 1.807) is 0 Å². The van der Waals surface area contributed by atoms with Crippen molar-refractivity contribution in [2.45, 2.75) is 77.9 Å². The molecule has 4 rings (SSSR count). The first-order valence-corrected chi connectivity index (χ1v) is 10.9. The van der Waals surface area contributed by atoms with Gasteiger partial charge in [-0.2, -0.15) is 0 Å². The molecule has 1 aromatic carbocycles. The molecule has 6 heteroatoms. The molecule has 162 valence electrons. The molecule has 0 bridgehead atoms. The second-order valence-electron chi connectivity index (χ2n) is 9.31. The number of carbonyl (C=O) groups excluding carboxylic acids is 3. The summed E-state index contributed by atoms with van der Waals surface area (Å²) in [5.41, 5.74) is 2.10. The predicted octanol–water partition coefficient (Wildman–Crippen LogP) is 4.46. The molecule has 6 nitrogen and oxygen atoms in total. The van der Waals surface area contributed by atoms with Gasteiger partial charge < -0.3 is 14.2 Å². The smallest absolute Gasteiger partial charge is 0.308 e. The van der Waals surface area contributed by atoms with Crippen molar-refractivity contribution in [3.05, 3.63) is 29.3 Å². The van der Waals surface area contributed by atoms with E-state index in [0.29, 0.717) is 23.5 Å². The number of rotatable bonds is 3. The Morgan fingerprint density at radius 1 is 0.933 bits per heavy atom. The summed E-state index contributed by atoms with van der Waals surface area (Å²) >= 11 is 0. The van der Waals surface area contributed by atoms with Crippen molar-refractivity contribution in [2.24, 2.45) is 17.3 Å². The standard InChI is InChI=1S/C24H30O6/c1-13(25)28-16-5-6-17-18-9-10-24(4)21(7-8-23(24)30-15(3)27)19(18)12-22(20(17)11-16)29-14(2)26/h5-6,11,18-19,21-23H,7-10,12H2,1-4H3/t18-,19-,21-,22-,23+,24-/m1/s1. The molecule has 0 heterocycles. The highest BCUT2D eigenvalue weighted by Crippen LogP contribution is 2.63. The quantitative estimate of drug-likeness (QED) is 0.537. The van der Waals surface area contributed by atoms with Gasteiger partial charge in [0, 0.05) is 26.2 Å². The molecule has 0 aliphatic heterocycles. The molecule has 2 saturated carbocycles. The Balaban J connectivity index is 1.69. The Kier molecular flexibility index (Phi) is 5.37. The van der Waals surface area contributed by atoms with Crippen LogP contribution in [-0.2, 0) is 23.9 Å². The van der Waals surface area contributed by atoms with E-state index in [1.165, 1.54) is 26.3 Å². The zero-order valence-corrected chi connectivity index (χ0v) is 18.1. The highest BCUT2D eigenvalue weighted by atomic mass is 16.5. The highest BCUT2D eigenvalue weighted by molar-refractivity contribution is 5.70. The molecule has 2 fully saturated rings. The summed E-state index contributed by atoms with van der Waals surface area (Å²) in [5, 5.41) is 0. The van der Waals surface area contributed by atoms with Gasteiger partial charge in [0.25, 0.3) is 0 Å². The molecule has 0 saturated heterocycles. The topological polar surface area (TPSA) is 78.9 Å². The molecule has 0 aromatic heterocycles. The molecule has 0 amide bonds. The molecule has 3 aliphatic carbocycles. The Bertz CT molecular complexity index is 876. The third-order valence-corrected chi connectivity index (χ3v) is 7.52. The lowest BCUT2D eigenvalue weighted by molar-refractivity contribution is -0.157. The average Bonchev–Trinajstić information content (AvgIpc) is 2.97. The number of esters is 3. The predicted molar refractivity (Wildman–Crippen MR) is 109 cm³/mol. The summed E-state index contributed by atoms with van der Waals surface area (Å²) in [4.78, 5) is 34.9. The van der Waals surface area contributed by atoms with Gasteiger partial charge in [-0.1, -0.05) is 13.0 Å². The minimum Gasteiger partial charge on any atom is -0.462 e. The molecular formula is C24H30O6. The zero-order chi connectivity index (χ0) is 21.6. The second kappa shape index (κ2) is 7.71. The van der Waals surface area contributed by atoms with Gasteiger partial charge in [-0.25, -0.2) is 0 Å². The zero-order valence-electron chi connectivity index (χ0n) is 18.1. The van der Waals surface area contributed by atoms with Crippen LogP contribution in [0.2, 0.25) is 0 Å². The van der Waals surface area contributed by atoms with E-state index in [4.69, 9.17) is 14.2 Å². The maximum absolute atomic E-state index is 11.8. The number of hydrogen-bond donors (Lipinski definition) is 0. The normalized spacial score (nSPS) is 34.2. The van der Waals surface area contributed by atoms with E-state index in [0.717, 1.165) is 37.7 Å². The van der Waals surface area contributed by atoms with Crippen LogP contribution < -0.4 is 4.74 Å². The maximum atomic E-state index is 11.8. The summed E-state index contributed by atoms with van der Waals surface area (Å²) < 4.78 is 16.7. The summed E-state index contributed by atoms with van der Waals surface area (Å²) in [6.07, 6.45) is 4.25. The number of carbonyl (C=O) groups is 3.